The number of halogens is 1. The van der Waals surface area contributed by atoms with Crippen molar-refractivity contribution in [3.63, 3.8) is 0 Å². The van der Waals surface area contributed by atoms with E-state index in [-0.39, 0.29) is 18.4 Å². The molecule has 0 aromatic heterocycles. The zero-order valence-electron chi connectivity index (χ0n) is 8.90. The molecule has 0 radical (unpaired) electrons. The molecule has 1 amide bonds. The first kappa shape index (κ1) is 11.4. The van der Waals surface area contributed by atoms with Crippen LogP contribution in [0.25, 0.3) is 0 Å². The summed E-state index contributed by atoms with van der Waals surface area (Å²) < 4.78 is 0. The molecule has 4 heteroatoms. The Kier molecular flexibility index (Phi) is 3.46. The summed E-state index contributed by atoms with van der Waals surface area (Å²) in [4.78, 5) is 13.8. The Balaban J connectivity index is 2.05. The van der Waals surface area contributed by atoms with Crippen LogP contribution < -0.4 is 0 Å². The third kappa shape index (κ3) is 2.36. The van der Waals surface area contributed by atoms with E-state index in [1.54, 1.807) is 29.2 Å². The minimum Gasteiger partial charge on any atom is -0.396 e. The van der Waals surface area contributed by atoms with E-state index < -0.39 is 0 Å². The van der Waals surface area contributed by atoms with Crippen molar-refractivity contribution < 1.29 is 9.90 Å². The maximum atomic E-state index is 12.0. The molecule has 0 spiro atoms. The van der Waals surface area contributed by atoms with Crippen LogP contribution in [-0.4, -0.2) is 35.6 Å². The molecule has 3 nitrogen and oxygen atoms in total. The highest BCUT2D eigenvalue weighted by Crippen LogP contribution is 2.19. The summed E-state index contributed by atoms with van der Waals surface area (Å²) in [7, 11) is 0. The van der Waals surface area contributed by atoms with Crippen LogP contribution in [0.4, 0.5) is 0 Å². The van der Waals surface area contributed by atoms with E-state index in [4.69, 9.17) is 16.7 Å². The number of hydrogen-bond acceptors (Lipinski definition) is 2. The number of amides is 1. The Morgan fingerprint density at radius 2 is 2.12 bits per heavy atom. The van der Waals surface area contributed by atoms with E-state index in [0.717, 1.165) is 13.0 Å². The van der Waals surface area contributed by atoms with Gasteiger partial charge in [-0.2, -0.15) is 0 Å². The molecule has 1 aromatic rings. The van der Waals surface area contributed by atoms with Crippen molar-refractivity contribution in [2.75, 3.05) is 19.7 Å². The molecule has 2 rings (SSSR count). The molecule has 0 saturated carbocycles. The molecule has 1 aliphatic heterocycles. The second-order valence-electron chi connectivity index (χ2n) is 4.10. The zero-order valence-corrected chi connectivity index (χ0v) is 9.65. The normalized spacial score (nSPS) is 20.1. The average Bonchev–Trinajstić information content (AvgIpc) is 2.77. The molecule has 1 heterocycles. The zero-order chi connectivity index (χ0) is 11.5. The summed E-state index contributed by atoms with van der Waals surface area (Å²) in [5.74, 6) is 0.254. The van der Waals surface area contributed by atoms with Gasteiger partial charge in [-0.3, -0.25) is 4.79 Å². The molecule has 1 aromatic carbocycles. The molecule has 1 aliphatic rings. The van der Waals surface area contributed by atoms with Gasteiger partial charge in [0.1, 0.15) is 0 Å². The van der Waals surface area contributed by atoms with Gasteiger partial charge in [0.15, 0.2) is 0 Å². The third-order valence-electron chi connectivity index (χ3n) is 2.92. The lowest BCUT2D eigenvalue weighted by molar-refractivity contribution is 0.0782. The molecular formula is C12H14ClNO2. The van der Waals surface area contributed by atoms with Gasteiger partial charge in [-0.15, -0.1) is 0 Å². The summed E-state index contributed by atoms with van der Waals surface area (Å²) in [5.41, 5.74) is 0.656. The van der Waals surface area contributed by atoms with Crippen molar-refractivity contribution in [3.05, 3.63) is 34.9 Å². The smallest absolute Gasteiger partial charge is 0.253 e. The van der Waals surface area contributed by atoms with E-state index >= 15 is 0 Å². The SMILES string of the molecule is O=C(c1ccc(Cl)cc1)N1CCC(CO)C1. The Bertz CT molecular complexity index is 377. The predicted octanol–water partition coefficient (Wildman–Crippen LogP) is 1.79. The number of likely N-dealkylation sites (tertiary alicyclic amines) is 1. The average molecular weight is 240 g/mol. The summed E-state index contributed by atoms with van der Waals surface area (Å²) >= 11 is 5.76. The predicted molar refractivity (Wildman–Crippen MR) is 62.5 cm³/mol. The molecule has 1 saturated heterocycles. The molecule has 1 N–H and O–H groups in total. The van der Waals surface area contributed by atoms with Crippen molar-refractivity contribution in [3.8, 4) is 0 Å². The lowest BCUT2D eigenvalue weighted by Gasteiger charge is -2.16. The molecule has 1 fully saturated rings. The van der Waals surface area contributed by atoms with Crippen molar-refractivity contribution in [1.29, 1.82) is 0 Å². The number of carbonyl (C=O) groups excluding carboxylic acids is 1. The van der Waals surface area contributed by atoms with Crippen LogP contribution in [0.1, 0.15) is 16.8 Å². The van der Waals surface area contributed by atoms with Gasteiger partial charge in [0, 0.05) is 36.2 Å². The summed E-state index contributed by atoms with van der Waals surface area (Å²) in [6.07, 6.45) is 0.885. The Morgan fingerprint density at radius 1 is 1.44 bits per heavy atom. The maximum absolute atomic E-state index is 12.0. The van der Waals surface area contributed by atoms with Crippen LogP contribution in [0, 0.1) is 5.92 Å². The van der Waals surface area contributed by atoms with Crippen molar-refractivity contribution in [2.45, 2.75) is 6.42 Å². The standard InChI is InChI=1S/C12H14ClNO2/c13-11-3-1-10(2-4-11)12(16)14-6-5-9(7-14)8-15/h1-4,9,15H,5-8H2. The number of carbonyl (C=O) groups is 1. The fourth-order valence-electron chi connectivity index (χ4n) is 1.94. The monoisotopic (exact) mass is 239 g/mol. The van der Waals surface area contributed by atoms with Gasteiger partial charge in [0.05, 0.1) is 0 Å². The second kappa shape index (κ2) is 4.85. The van der Waals surface area contributed by atoms with Crippen LogP contribution in [0.3, 0.4) is 0 Å². The van der Waals surface area contributed by atoms with Crippen LogP contribution in [0.15, 0.2) is 24.3 Å². The minimum absolute atomic E-state index is 0.0209. The second-order valence-corrected chi connectivity index (χ2v) is 4.53. The lowest BCUT2D eigenvalue weighted by Crippen LogP contribution is -2.29. The fraction of sp³-hybridized carbons (Fsp3) is 0.417. The lowest BCUT2D eigenvalue weighted by atomic mass is 10.1. The molecule has 86 valence electrons. The Labute approximate surface area is 99.6 Å². The third-order valence-corrected chi connectivity index (χ3v) is 3.17. The van der Waals surface area contributed by atoms with E-state index in [1.165, 1.54) is 0 Å². The highest BCUT2D eigenvalue weighted by atomic mass is 35.5. The summed E-state index contributed by atoms with van der Waals surface area (Å²) in [5, 5.41) is 9.65. The van der Waals surface area contributed by atoms with Gasteiger partial charge in [0.2, 0.25) is 0 Å². The topological polar surface area (TPSA) is 40.5 Å². The van der Waals surface area contributed by atoms with Crippen molar-refractivity contribution >= 4 is 17.5 Å². The molecule has 0 aliphatic carbocycles. The molecule has 0 bridgehead atoms. The molecule has 16 heavy (non-hydrogen) atoms. The molecule has 1 unspecified atom stereocenters. The first-order valence-electron chi connectivity index (χ1n) is 5.36. The van der Waals surface area contributed by atoms with Gasteiger partial charge >= 0.3 is 0 Å². The molecular weight excluding hydrogens is 226 g/mol. The minimum atomic E-state index is 0.0209. The van der Waals surface area contributed by atoms with Gasteiger partial charge in [-0.1, -0.05) is 11.6 Å². The van der Waals surface area contributed by atoms with Crippen molar-refractivity contribution in [1.82, 2.24) is 4.90 Å². The highest BCUT2D eigenvalue weighted by Gasteiger charge is 2.26. The first-order valence-corrected chi connectivity index (χ1v) is 5.74. The number of aliphatic hydroxyl groups is 1. The number of aliphatic hydroxyl groups excluding tert-OH is 1. The van der Waals surface area contributed by atoms with Gasteiger partial charge in [0.25, 0.3) is 5.91 Å². The van der Waals surface area contributed by atoms with Gasteiger partial charge < -0.3 is 10.0 Å². The van der Waals surface area contributed by atoms with E-state index in [2.05, 4.69) is 0 Å². The van der Waals surface area contributed by atoms with E-state index in [9.17, 15) is 4.79 Å². The first-order chi connectivity index (χ1) is 7.70. The Hall–Kier alpha value is -1.06. The van der Waals surface area contributed by atoms with Crippen LogP contribution in [0.2, 0.25) is 5.02 Å². The highest BCUT2D eigenvalue weighted by molar-refractivity contribution is 6.30. The van der Waals surface area contributed by atoms with Gasteiger partial charge in [-0.05, 0) is 30.7 Å². The Morgan fingerprint density at radius 3 is 2.69 bits per heavy atom. The van der Waals surface area contributed by atoms with Crippen LogP contribution in [0.5, 0.6) is 0 Å². The summed E-state index contributed by atoms with van der Waals surface area (Å²) in [6.45, 7) is 1.54. The quantitative estimate of drug-likeness (QED) is 0.855. The molecule has 1 atom stereocenters. The van der Waals surface area contributed by atoms with E-state index in [0.29, 0.717) is 17.1 Å². The maximum Gasteiger partial charge on any atom is 0.253 e. The van der Waals surface area contributed by atoms with Crippen LogP contribution >= 0.6 is 11.6 Å². The summed E-state index contributed by atoms with van der Waals surface area (Å²) in [6, 6.07) is 6.90. The van der Waals surface area contributed by atoms with Crippen LogP contribution in [-0.2, 0) is 0 Å². The largest absolute Gasteiger partial charge is 0.396 e. The number of benzene rings is 1. The number of nitrogens with zero attached hydrogens (tertiary/aromatic N) is 1. The van der Waals surface area contributed by atoms with E-state index in [1.807, 2.05) is 0 Å². The fourth-order valence-corrected chi connectivity index (χ4v) is 2.07. The van der Waals surface area contributed by atoms with Gasteiger partial charge in [-0.25, -0.2) is 0 Å². The van der Waals surface area contributed by atoms with Crippen molar-refractivity contribution in [2.24, 2.45) is 5.92 Å². The number of hydrogen-bond donors (Lipinski definition) is 1. The number of rotatable bonds is 2.